The molecular formula is C13H14F3NO3. The van der Waals surface area contributed by atoms with Crippen LogP contribution in [-0.2, 0) is 22.3 Å². The number of amides is 1. The van der Waals surface area contributed by atoms with Crippen molar-refractivity contribution < 1.29 is 27.8 Å². The molecule has 1 saturated heterocycles. The Labute approximate surface area is 113 Å². The van der Waals surface area contributed by atoms with Crippen LogP contribution in [0.4, 0.5) is 13.2 Å². The summed E-state index contributed by atoms with van der Waals surface area (Å²) in [7, 11) is 0. The fraction of sp³-hybridized carbons (Fsp3) is 0.462. The lowest BCUT2D eigenvalue weighted by atomic mass is 10.1. The number of benzene rings is 1. The van der Waals surface area contributed by atoms with E-state index in [-0.39, 0.29) is 32.2 Å². The molecule has 1 aliphatic rings. The maximum atomic E-state index is 12.6. The first-order chi connectivity index (χ1) is 9.40. The second-order valence-electron chi connectivity index (χ2n) is 4.59. The summed E-state index contributed by atoms with van der Waals surface area (Å²) in [5, 5.41) is 9.00. The average Bonchev–Trinajstić information content (AvgIpc) is 2.41. The third-order valence-electron chi connectivity index (χ3n) is 3.05. The van der Waals surface area contributed by atoms with Gasteiger partial charge in [-0.25, -0.2) is 0 Å². The highest BCUT2D eigenvalue weighted by Crippen LogP contribution is 2.29. The summed E-state index contributed by atoms with van der Waals surface area (Å²) in [5.41, 5.74) is -0.346. The van der Waals surface area contributed by atoms with Gasteiger partial charge in [0.15, 0.2) is 0 Å². The number of nitrogens with zero attached hydrogens (tertiary/aromatic N) is 1. The predicted molar refractivity (Wildman–Crippen MR) is 63.7 cm³/mol. The van der Waals surface area contributed by atoms with Gasteiger partial charge >= 0.3 is 6.18 Å². The average molecular weight is 289 g/mol. The molecule has 1 aliphatic heterocycles. The molecule has 1 N–H and O–H groups in total. The van der Waals surface area contributed by atoms with Crippen molar-refractivity contribution in [1.29, 1.82) is 0 Å². The SMILES string of the molecule is O=C1COC(CO)CN1Cc1cccc(C(F)(F)F)c1. The van der Waals surface area contributed by atoms with Crippen molar-refractivity contribution in [2.24, 2.45) is 0 Å². The lowest BCUT2D eigenvalue weighted by Gasteiger charge is -2.32. The lowest BCUT2D eigenvalue weighted by Crippen LogP contribution is -2.47. The number of carbonyl (C=O) groups excluding carboxylic acids is 1. The lowest BCUT2D eigenvalue weighted by molar-refractivity contribution is -0.151. The zero-order valence-corrected chi connectivity index (χ0v) is 10.6. The van der Waals surface area contributed by atoms with Crippen LogP contribution in [0.25, 0.3) is 0 Å². The van der Waals surface area contributed by atoms with Crippen molar-refractivity contribution in [2.75, 3.05) is 19.8 Å². The van der Waals surface area contributed by atoms with E-state index in [2.05, 4.69) is 0 Å². The number of alkyl halides is 3. The molecule has 1 heterocycles. The van der Waals surface area contributed by atoms with Crippen LogP contribution in [0.3, 0.4) is 0 Å². The molecule has 1 aromatic rings. The number of morpholine rings is 1. The molecule has 7 heteroatoms. The summed E-state index contributed by atoms with van der Waals surface area (Å²) in [6.45, 7) is -0.148. The van der Waals surface area contributed by atoms with E-state index in [0.29, 0.717) is 5.56 Å². The zero-order valence-electron chi connectivity index (χ0n) is 10.6. The minimum absolute atomic E-state index is 0.0720. The van der Waals surface area contributed by atoms with Crippen molar-refractivity contribution in [3.8, 4) is 0 Å². The molecule has 0 bridgehead atoms. The topological polar surface area (TPSA) is 49.8 Å². The summed E-state index contributed by atoms with van der Waals surface area (Å²) in [4.78, 5) is 13.0. The smallest absolute Gasteiger partial charge is 0.394 e. The Morgan fingerprint density at radius 1 is 1.40 bits per heavy atom. The zero-order chi connectivity index (χ0) is 14.8. The fourth-order valence-corrected chi connectivity index (χ4v) is 2.01. The highest BCUT2D eigenvalue weighted by atomic mass is 19.4. The van der Waals surface area contributed by atoms with Gasteiger partial charge in [-0.2, -0.15) is 13.2 Å². The van der Waals surface area contributed by atoms with Crippen LogP contribution in [0.2, 0.25) is 0 Å². The summed E-state index contributed by atoms with van der Waals surface area (Å²) in [6.07, 6.45) is -4.89. The van der Waals surface area contributed by atoms with Crippen LogP contribution in [0.15, 0.2) is 24.3 Å². The van der Waals surface area contributed by atoms with Gasteiger partial charge in [-0.15, -0.1) is 0 Å². The Bertz CT molecular complexity index is 490. The summed E-state index contributed by atoms with van der Waals surface area (Å²) in [6, 6.07) is 4.86. The van der Waals surface area contributed by atoms with E-state index in [1.54, 1.807) is 0 Å². The summed E-state index contributed by atoms with van der Waals surface area (Å²) < 4.78 is 42.9. The number of rotatable bonds is 3. The number of ether oxygens (including phenoxy) is 1. The number of hydrogen-bond donors (Lipinski definition) is 1. The van der Waals surface area contributed by atoms with Gasteiger partial charge in [-0.05, 0) is 17.7 Å². The fourth-order valence-electron chi connectivity index (χ4n) is 2.01. The molecule has 0 aliphatic carbocycles. The number of aliphatic hydroxyl groups excluding tert-OH is 1. The van der Waals surface area contributed by atoms with E-state index >= 15 is 0 Å². The van der Waals surface area contributed by atoms with Crippen molar-refractivity contribution >= 4 is 5.91 Å². The van der Waals surface area contributed by atoms with Crippen LogP contribution >= 0.6 is 0 Å². The maximum absolute atomic E-state index is 12.6. The van der Waals surface area contributed by atoms with E-state index < -0.39 is 17.8 Å². The third-order valence-corrected chi connectivity index (χ3v) is 3.05. The summed E-state index contributed by atoms with van der Waals surface area (Å²) in [5.74, 6) is -0.299. The Kier molecular flexibility index (Phi) is 4.29. The molecule has 110 valence electrons. The molecule has 1 aromatic carbocycles. The largest absolute Gasteiger partial charge is 0.416 e. The van der Waals surface area contributed by atoms with Gasteiger partial charge in [0.2, 0.25) is 5.91 Å². The van der Waals surface area contributed by atoms with E-state index in [1.165, 1.54) is 17.0 Å². The van der Waals surface area contributed by atoms with Gasteiger partial charge in [0.1, 0.15) is 6.61 Å². The highest BCUT2D eigenvalue weighted by molar-refractivity contribution is 5.78. The van der Waals surface area contributed by atoms with Crippen LogP contribution in [0.5, 0.6) is 0 Å². The first-order valence-corrected chi connectivity index (χ1v) is 6.06. The molecule has 0 radical (unpaired) electrons. The van der Waals surface area contributed by atoms with Gasteiger partial charge in [0.05, 0.1) is 18.3 Å². The molecule has 0 saturated carbocycles. The minimum atomic E-state index is -4.40. The minimum Gasteiger partial charge on any atom is -0.394 e. The van der Waals surface area contributed by atoms with Crippen molar-refractivity contribution in [1.82, 2.24) is 4.90 Å². The third kappa shape index (κ3) is 3.49. The molecule has 1 unspecified atom stereocenters. The first-order valence-electron chi connectivity index (χ1n) is 6.06. The highest BCUT2D eigenvalue weighted by Gasteiger charge is 2.31. The monoisotopic (exact) mass is 289 g/mol. The molecule has 0 spiro atoms. The molecule has 1 atom stereocenters. The first kappa shape index (κ1) is 14.8. The number of carbonyl (C=O) groups is 1. The second kappa shape index (κ2) is 5.80. The van der Waals surface area contributed by atoms with Gasteiger partial charge in [0, 0.05) is 13.1 Å². The van der Waals surface area contributed by atoms with Gasteiger partial charge in [0.25, 0.3) is 0 Å². The Morgan fingerprint density at radius 3 is 2.80 bits per heavy atom. The van der Waals surface area contributed by atoms with E-state index in [0.717, 1.165) is 12.1 Å². The van der Waals surface area contributed by atoms with E-state index in [4.69, 9.17) is 9.84 Å². The quantitative estimate of drug-likeness (QED) is 0.915. The molecule has 0 aromatic heterocycles. The van der Waals surface area contributed by atoms with E-state index in [9.17, 15) is 18.0 Å². The number of aliphatic hydroxyl groups is 1. The Morgan fingerprint density at radius 2 is 2.15 bits per heavy atom. The molecule has 20 heavy (non-hydrogen) atoms. The van der Waals surface area contributed by atoms with Crippen molar-refractivity contribution in [3.05, 3.63) is 35.4 Å². The number of hydrogen-bond acceptors (Lipinski definition) is 3. The van der Waals surface area contributed by atoms with Gasteiger partial charge in [-0.3, -0.25) is 4.79 Å². The van der Waals surface area contributed by atoms with Gasteiger partial charge in [-0.1, -0.05) is 12.1 Å². The number of halogens is 3. The molecular weight excluding hydrogens is 275 g/mol. The van der Waals surface area contributed by atoms with Crippen LogP contribution in [-0.4, -0.2) is 41.8 Å². The second-order valence-corrected chi connectivity index (χ2v) is 4.59. The standard InChI is InChI=1S/C13H14F3NO3/c14-13(15,16)10-3-1-2-9(4-10)5-17-6-11(7-18)20-8-12(17)19/h1-4,11,18H,5-8H2. The van der Waals surface area contributed by atoms with Crippen molar-refractivity contribution in [3.63, 3.8) is 0 Å². The molecule has 1 amide bonds. The van der Waals surface area contributed by atoms with Crippen LogP contribution in [0.1, 0.15) is 11.1 Å². The van der Waals surface area contributed by atoms with Crippen LogP contribution in [0, 0.1) is 0 Å². The Balaban J connectivity index is 2.11. The van der Waals surface area contributed by atoms with Gasteiger partial charge < -0.3 is 14.7 Å². The van der Waals surface area contributed by atoms with E-state index in [1.807, 2.05) is 0 Å². The molecule has 2 rings (SSSR count). The predicted octanol–water partition coefficient (Wildman–Crippen LogP) is 1.43. The van der Waals surface area contributed by atoms with Crippen molar-refractivity contribution in [2.45, 2.75) is 18.8 Å². The van der Waals surface area contributed by atoms with Crippen LogP contribution < -0.4 is 0 Å². The molecule has 4 nitrogen and oxygen atoms in total. The summed E-state index contributed by atoms with van der Waals surface area (Å²) >= 11 is 0. The Hall–Kier alpha value is -1.60. The molecule has 1 fully saturated rings. The maximum Gasteiger partial charge on any atom is 0.416 e. The normalized spacial score (nSPS) is 20.3.